The Morgan fingerprint density at radius 3 is 2.42 bits per heavy atom. The highest BCUT2D eigenvalue weighted by Gasteiger charge is 2.34. The second-order valence-corrected chi connectivity index (χ2v) is 7.44. The Hall–Kier alpha value is -3.33. The van der Waals surface area contributed by atoms with Gasteiger partial charge in [0.25, 0.3) is 0 Å². The Balaban J connectivity index is 2.42. The van der Waals surface area contributed by atoms with Gasteiger partial charge in [-0.2, -0.15) is 13.2 Å². The van der Waals surface area contributed by atoms with Gasteiger partial charge in [-0.1, -0.05) is 43.3 Å². The lowest BCUT2D eigenvalue weighted by Crippen LogP contribution is -2.25. The highest BCUT2D eigenvalue weighted by Crippen LogP contribution is 2.36. The summed E-state index contributed by atoms with van der Waals surface area (Å²) in [4.78, 5) is 0. The molecule has 0 aromatic heterocycles. The molecule has 33 heavy (non-hydrogen) atoms. The van der Waals surface area contributed by atoms with Crippen molar-refractivity contribution in [3.63, 3.8) is 0 Å². The summed E-state index contributed by atoms with van der Waals surface area (Å²) >= 11 is 0. The molecule has 0 spiro atoms. The zero-order valence-corrected chi connectivity index (χ0v) is 18.9. The predicted octanol–water partition coefficient (Wildman–Crippen LogP) is 4.28. The van der Waals surface area contributed by atoms with Crippen molar-refractivity contribution in [3.05, 3.63) is 83.0 Å². The van der Waals surface area contributed by atoms with E-state index >= 15 is 0 Å². The van der Waals surface area contributed by atoms with Crippen LogP contribution >= 0.6 is 0 Å². The van der Waals surface area contributed by atoms with Gasteiger partial charge in [-0.3, -0.25) is 0 Å². The molecule has 0 bridgehead atoms. The number of halogens is 3. The van der Waals surface area contributed by atoms with E-state index in [0.717, 1.165) is 30.3 Å². The van der Waals surface area contributed by atoms with Crippen LogP contribution in [-0.2, 0) is 10.9 Å². The SMILES string of the molecule is CCCNc1ccccc1C(C)N/C(N)=C/C(=C(\N)OCCN)c1ccccc1C(F)(F)F. The van der Waals surface area contributed by atoms with Crippen LogP contribution in [0.15, 0.2) is 66.3 Å². The van der Waals surface area contributed by atoms with Crippen molar-refractivity contribution in [2.24, 2.45) is 17.2 Å². The van der Waals surface area contributed by atoms with Gasteiger partial charge in [-0.15, -0.1) is 0 Å². The molecular weight excluding hydrogens is 431 g/mol. The van der Waals surface area contributed by atoms with Crippen LogP contribution < -0.4 is 27.8 Å². The molecule has 2 rings (SSSR count). The number of anilines is 1. The fourth-order valence-corrected chi connectivity index (χ4v) is 3.31. The summed E-state index contributed by atoms with van der Waals surface area (Å²) in [5, 5.41) is 6.49. The number of hydrogen-bond donors (Lipinski definition) is 5. The summed E-state index contributed by atoms with van der Waals surface area (Å²) < 4.78 is 46.3. The van der Waals surface area contributed by atoms with Crippen molar-refractivity contribution in [1.82, 2.24) is 5.32 Å². The zero-order valence-electron chi connectivity index (χ0n) is 18.9. The van der Waals surface area contributed by atoms with Crippen LogP contribution in [0.4, 0.5) is 18.9 Å². The third kappa shape index (κ3) is 7.35. The van der Waals surface area contributed by atoms with Crippen molar-refractivity contribution in [1.29, 1.82) is 0 Å². The molecule has 0 amide bonds. The summed E-state index contributed by atoms with van der Waals surface area (Å²) in [7, 11) is 0. The Labute approximate surface area is 192 Å². The quantitative estimate of drug-likeness (QED) is 0.251. The molecule has 8 N–H and O–H groups in total. The van der Waals surface area contributed by atoms with Crippen LogP contribution in [0.25, 0.3) is 5.57 Å². The fourth-order valence-electron chi connectivity index (χ4n) is 3.31. The Bertz CT molecular complexity index is 973. The molecule has 0 aliphatic carbocycles. The molecule has 0 aliphatic heterocycles. The minimum absolute atomic E-state index is 0.0194. The van der Waals surface area contributed by atoms with Crippen molar-refractivity contribution < 1.29 is 17.9 Å². The molecule has 6 nitrogen and oxygen atoms in total. The summed E-state index contributed by atoms with van der Waals surface area (Å²) in [6.45, 7) is 5.00. The number of ether oxygens (including phenoxy) is 1. The smallest absolute Gasteiger partial charge is 0.417 e. The molecule has 1 unspecified atom stereocenters. The van der Waals surface area contributed by atoms with Gasteiger partial charge in [0.05, 0.1) is 17.4 Å². The Morgan fingerprint density at radius 1 is 1.09 bits per heavy atom. The molecule has 0 saturated carbocycles. The lowest BCUT2D eigenvalue weighted by atomic mass is 9.98. The summed E-state index contributed by atoms with van der Waals surface area (Å²) in [5.41, 5.74) is 18.6. The van der Waals surface area contributed by atoms with Gasteiger partial charge in [0.1, 0.15) is 6.61 Å². The first-order chi connectivity index (χ1) is 15.7. The second kappa shape index (κ2) is 12.1. The van der Waals surface area contributed by atoms with E-state index in [2.05, 4.69) is 17.6 Å². The molecular formula is C24H32F3N5O. The molecule has 2 aromatic carbocycles. The van der Waals surface area contributed by atoms with Gasteiger partial charge >= 0.3 is 6.18 Å². The number of para-hydroxylation sites is 1. The van der Waals surface area contributed by atoms with Crippen LogP contribution in [0.3, 0.4) is 0 Å². The molecule has 1 atom stereocenters. The monoisotopic (exact) mass is 463 g/mol. The van der Waals surface area contributed by atoms with Crippen molar-refractivity contribution >= 4 is 11.3 Å². The Morgan fingerprint density at radius 2 is 1.76 bits per heavy atom. The van der Waals surface area contributed by atoms with E-state index in [1.165, 1.54) is 24.3 Å². The lowest BCUT2D eigenvalue weighted by Gasteiger charge is -2.21. The zero-order chi connectivity index (χ0) is 24.4. The van der Waals surface area contributed by atoms with Crippen LogP contribution in [0.5, 0.6) is 0 Å². The van der Waals surface area contributed by atoms with Crippen molar-refractivity contribution in [2.75, 3.05) is 25.0 Å². The van der Waals surface area contributed by atoms with Crippen LogP contribution in [0, 0.1) is 0 Å². The minimum atomic E-state index is -4.58. The van der Waals surface area contributed by atoms with Gasteiger partial charge in [0.2, 0.25) is 0 Å². The molecule has 180 valence electrons. The highest BCUT2D eigenvalue weighted by atomic mass is 19.4. The van der Waals surface area contributed by atoms with Gasteiger partial charge in [-0.05, 0) is 42.7 Å². The van der Waals surface area contributed by atoms with Gasteiger partial charge in [0, 0.05) is 24.4 Å². The number of alkyl halides is 3. The fraction of sp³-hybridized carbons (Fsp3) is 0.333. The molecule has 9 heteroatoms. The van der Waals surface area contributed by atoms with E-state index in [4.69, 9.17) is 21.9 Å². The number of nitrogens with one attached hydrogen (secondary N) is 2. The third-order valence-electron chi connectivity index (χ3n) is 4.84. The van der Waals surface area contributed by atoms with E-state index in [1.807, 2.05) is 31.2 Å². The largest absolute Gasteiger partial charge is 0.478 e. The maximum atomic E-state index is 13.6. The van der Waals surface area contributed by atoms with Gasteiger partial charge < -0.3 is 32.6 Å². The predicted molar refractivity (Wildman–Crippen MR) is 127 cm³/mol. The highest BCUT2D eigenvalue weighted by molar-refractivity contribution is 5.78. The Kier molecular flexibility index (Phi) is 9.47. The van der Waals surface area contributed by atoms with Crippen molar-refractivity contribution in [3.8, 4) is 0 Å². The topological polar surface area (TPSA) is 111 Å². The standard InChI is InChI=1S/C24H32F3N5O/c1-3-13-31-21-11-7-5-8-17(21)16(2)32-22(29)15-19(23(30)33-14-12-28)18-9-4-6-10-20(18)24(25,26)27/h4-11,15-16,31-32H,3,12-14,28-30H2,1-2H3/b22-15+,23-19-. The lowest BCUT2D eigenvalue weighted by molar-refractivity contribution is -0.137. The average Bonchev–Trinajstić information content (AvgIpc) is 2.79. The maximum Gasteiger partial charge on any atom is 0.417 e. The van der Waals surface area contributed by atoms with Gasteiger partial charge in [-0.25, -0.2) is 0 Å². The van der Waals surface area contributed by atoms with Crippen LogP contribution in [-0.4, -0.2) is 19.7 Å². The van der Waals surface area contributed by atoms with Crippen LogP contribution in [0.1, 0.15) is 43.0 Å². The maximum absolute atomic E-state index is 13.6. The molecule has 0 fully saturated rings. The van der Waals surface area contributed by atoms with E-state index < -0.39 is 11.7 Å². The number of rotatable bonds is 11. The third-order valence-corrected chi connectivity index (χ3v) is 4.84. The molecule has 2 aromatic rings. The molecule has 0 radical (unpaired) electrons. The normalized spacial score (nSPS) is 13.8. The molecule has 0 heterocycles. The second-order valence-electron chi connectivity index (χ2n) is 7.44. The van der Waals surface area contributed by atoms with Crippen LogP contribution in [0.2, 0.25) is 0 Å². The molecule has 0 aliphatic rings. The van der Waals surface area contributed by atoms with E-state index in [0.29, 0.717) is 0 Å². The van der Waals surface area contributed by atoms with Gasteiger partial charge in [0.15, 0.2) is 5.88 Å². The van der Waals surface area contributed by atoms with E-state index in [9.17, 15) is 13.2 Å². The summed E-state index contributed by atoms with van der Waals surface area (Å²) in [6.07, 6.45) is -2.26. The number of allylic oxidation sites excluding steroid dienone is 2. The summed E-state index contributed by atoms with van der Waals surface area (Å²) in [6, 6.07) is 12.7. The van der Waals surface area contributed by atoms with E-state index in [1.54, 1.807) is 0 Å². The average molecular weight is 464 g/mol. The first-order valence-corrected chi connectivity index (χ1v) is 10.7. The van der Waals surface area contributed by atoms with E-state index in [-0.39, 0.29) is 42.0 Å². The number of benzene rings is 2. The number of nitrogens with two attached hydrogens (primary N) is 3. The summed E-state index contributed by atoms with van der Waals surface area (Å²) in [5.74, 6) is -0.0568. The number of hydrogen-bond acceptors (Lipinski definition) is 6. The first kappa shape index (κ1) is 25.9. The van der Waals surface area contributed by atoms with Crippen molar-refractivity contribution in [2.45, 2.75) is 32.5 Å². The first-order valence-electron chi connectivity index (χ1n) is 10.7. The molecule has 0 saturated heterocycles. The minimum Gasteiger partial charge on any atom is -0.478 e.